The Kier molecular flexibility index (Phi) is 5.98. The average Bonchev–Trinajstić information content (AvgIpc) is 3.08. The van der Waals surface area contributed by atoms with Crippen LogP contribution in [0.1, 0.15) is 48.7 Å². The summed E-state index contributed by atoms with van der Waals surface area (Å²) in [5.41, 5.74) is 7.40. The van der Waals surface area contributed by atoms with E-state index < -0.39 is 0 Å². The Bertz CT molecular complexity index is 1020. The Morgan fingerprint density at radius 3 is 2.45 bits per heavy atom. The van der Waals surface area contributed by atoms with Crippen LogP contribution in [0.3, 0.4) is 0 Å². The van der Waals surface area contributed by atoms with Crippen LogP contribution in [0.2, 0.25) is 5.02 Å². The summed E-state index contributed by atoms with van der Waals surface area (Å²) in [6.07, 6.45) is 5.71. The summed E-state index contributed by atoms with van der Waals surface area (Å²) in [4.78, 5) is 6.90. The van der Waals surface area contributed by atoms with Gasteiger partial charge in [0.15, 0.2) is 0 Å². The topological polar surface area (TPSA) is 34.0 Å². The van der Waals surface area contributed by atoms with E-state index >= 15 is 0 Å². The van der Waals surface area contributed by atoms with Crippen molar-refractivity contribution in [3.05, 3.63) is 68.0 Å². The van der Waals surface area contributed by atoms with Crippen LogP contribution in [0.5, 0.6) is 0 Å². The molecular weight excluding hydrogens is 448 g/mol. The molecule has 1 aromatic carbocycles. The molecule has 4 rings (SSSR count). The van der Waals surface area contributed by atoms with Gasteiger partial charge in [-0.3, -0.25) is 0 Å². The predicted octanol–water partition coefficient (Wildman–Crippen LogP) is 5.93. The molecule has 0 saturated heterocycles. The molecule has 4 nitrogen and oxygen atoms in total. The normalized spacial score (nSPS) is 13.6. The molecule has 1 aliphatic heterocycles. The third kappa shape index (κ3) is 3.71. The van der Waals surface area contributed by atoms with Crippen LogP contribution in [0.25, 0.3) is 5.69 Å². The molecule has 0 radical (unpaired) electrons. The van der Waals surface area contributed by atoms with Crippen molar-refractivity contribution in [1.29, 1.82) is 0 Å². The van der Waals surface area contributed by atoms with Gasteiger partial charge in [-0.1, -0.05) is 50.6 Å². The van der Waals surface area contributed by atoms with Gasteiger partial charge in [-0.2, -0.15) is 5.10 Å². The quantitative estimate of drug-likeness (QED) is 0.460. The Morgan fingerprint density at radius 2 is 1.83 bits per heavy atom. The first kappa shape index (κ1) is 20.4. The smallest absolute Gasteiger partial charge is 0.147 e. The van der Waals surface area contributed by atoms with Gasteiger partial charge in [-0.15, -0.1) is 0 Å². The molecule has 0 saturated carbocycles. The van der Waals surface area contributed by atoms with E-state index in [-0.39, 0.29) is 0 Å². The number of benzene rings is 1. The summed E-state index contributed by atoms with van der Waals surface area (Å²) < 4.78 is 3.13. The second-order valence-electron chi connectivity index (χ2n) is 7.43. The fraction of sp³-hybridized carbons (Fsp3) is 0.391. The molecule has 0 unspecified atom stereocenters. The van der Waals surface area contributed by atoms with Crippen LogP contribution in [0, 0.1) is 0 Å². The third-order valence-electron chi connectivity index (χ3n) is 5.73. The molecule has 0 fully saturated rings. The minimum Gasteiger partial charge on any atom is -0.350 e. The highest BCUT2D eigenvalue weighted by Gasteiger charge is 2.27. The van der Waals surface area contributed by atoms with Crippen molar-refractivity contribution >= 4 is 33.3 Å². The number of halogens is 2. The zero-order valence-electron chi connectivity index (χ0n) is 17.2. The largest absolute Gasteiger partial charge is 0.350 e. The highest BCUT2D eigenvalue weighted by Crippen LogP contribution is 2.34. The molecular formula is C23H26BrClN4. The lowest BCUT2D eigenvalue weighted by Gasteiger charge is -2.28. The summed E-state index contributed by atoms with van der Waals surface area (Å²) in [5, 5.41) is 5.73. The van der Waals surface area contributed by atoms with E-state index in [2.05, 4.69) is 69.5 Å². The number of anilines is 1. The van der Waals surface area contributed by atoms with E-state index in [0.717, 1.165) is 65.5 Å². The fourth-order valence-electron chi connectivity index (χ4n) is 4.05. The maximum atomic E-state index is 6.55. The van der Waals surface area contributed by atoms with Gasteiger partial charge in [0.25, 0.3) is 0 Å². The molecule has 0 amide bonds. The second kappa shape index (κ2) is 8.49. The van der Waals surface area contributed by atoms with E-state index in [4.69, 9.17) is 16.7 Å². The summed E-state index contributed by atoms with van der Waals surface area (Å²) in [6, 6.07) is 8.58. The Morgan fingerprint density at radius 1 is 1.10 bits per heavy atom. The summed E-state index contributed by atoms with van der Waals surface area (Å²) in [5.74, 6) is 0.859. The van der Waals surface area contributed by atoms with Crippen molar-refractivity contribution in [3.63, 3.8) is 0 Å². The highest BCUT2D eigenvalue weighted by atomic mass is 79.9. The standard InChI is InChI=1S/C23H26BrClN4/c1-4-15-12-19(25)23(26-13-15)28-11-10-20-18(14-28)22(24)29(27-20)21-16(5-2)8-7-9-17(21)6-3/h7-9,12-13H,4-6,10-11,14H2,1-3H3. The summed E-state index contributed by atoms with van der Waals surface area (Å²) in [7, 11) is 0. The number of aromatic nitrogens is 3. The average molecular weight is 474 g/mol. The number of hydrogen-bond donors (Lipinski definition) is 0. The Hall–Kier alpha value is -1.85. The van der Waals surface area contributed by atoms with Crippen LogP contribution >= 0.6 is 27.5 Å². The first-order valence-corrected chi connectivity index (χ1v) is 11.5. The molecule has 0 atom stereocenters. The van der Waals surface area contributed by atoms with Gasteiger partial charge >= 0.3 is 0 Å². The van der Waals surface area contributed by atoms with Crippen LogP contribution in [0.4, 0.5) is 5.82 Å². The number of fused-ring (bicyclic) bond motifs is 1. The molecule has 29 heavy (non-hydrogen) atoms. The SMILES string of the molecule is CCc1cnc(N2CCc3nn(-c4c(CC)cccc4CC)c(Br)c3C2)c(Cl)c1. The van der Waals surface area contributed by atoms with Crippen molar-refractivity contribution < 1.29 is 0 Å². The molecule has 0 N–H and O–H groups in total. The number of aryl methyl sites for hydroxylation is 3. The number of pyridine rings is 1. The van der Waals surface area contributed by atoms with Gasteiger partial charge < -0.3 is 4.90 Å². The Labute approximate surface area is 186 Å². The van der Waals surface area contributed by atoms with E-state index in [9.17, 15) is 0 Å². The second-order valence-corrected chi connectivity index (χ2v) is 8.59. The number of nitrogens with zero attached hydrogens (tertiary/aromatic N) is 4. The van der Waals surface area contributed by atoms with E-state index in [0.29, 0.717) is 0 Å². The first-order valence-electron chi connectivity index (χ1n) is 10.3. The van der Waals surface area contributed by atoms with Gasteiger partial charge in [0.2, 0.25) is 0 Å². The molecule has 3 heterocycles. The Balaban J connectivity index is 1.73. The van der Waals surface area contributed by atoms with Crippen molar-refractivity contribution in [2.45, 2.75) is 53.0 Å². The van der Waals surface area contributed by atoms with Crippen molar-refractivity contribution in [2.75, 3.05) is 11.4 Å². The number of hydrogen-bond acceptors (Lipinski definition) is 3. The minimum absolute atomic E-state index is 0.723. The molecule has 0 aliphatic carbocycles. The van der Waals surface area contributed by atoms with Crippen molar-refractivity contribution in [2.24, 2.45) is 0 Å². The summed E-state index contributed by atoms with van der Waals surface area (Å²) in [6.45, 7) is 8.13. The molecule has 152 valence electrons. The predicted molar refractivity (Wildman–Crippen MR) is 123 cm³/mol. The zero-order valence-corrected chi connectivity index (χ0v) is 19.5. The first-order chi connectivity index (χ1) is 14.1. The number of para-hydroxylation sites is 1. The monoisotopic (exact) mass is 472 g/mol. The van der Waals surface area contributed by atoms with E-state index in [1.807, 2.05) is 12.3 Å². The third-order valence-corrected chi connectivity index (χ3v) is 6.83. The molecule has 3 aromatic rings. The lowest BCUT2D eigenvalue weighted by molar-refractivity contribution is 0.705. The highest BCUT2D eigenvalue weighted by molar-refractivity contribution is 9.10. The summed E-state index contributed by atoms with van der Waals surface area (Å²) >= 11 is 10.4. The molecule has 0 bridgehead atoms. The van der Waals surface area contributed by atoms with Gasteiger partial charge in [0.1, 0.15) is 10.4 Å². The molecule has 6 heteroatoms. The molecule has 0 spiro atoms. The lowest BCUT2D eigenvalue weighted by atomic mass is 10.0. The van der Waals surface area contributed by atoms with Crippen LogP contribution < -0.4 is 4.90 Å². The molecule has 2 aromatic heterocycles. The maximum Gasteiger partial charge on any atom is 0.147 e. The van der Waals surface area contributed by atoms with Gasteiger partial charge in [-0.25, -0.2) is 9.67 Å². The van der Waals surface area contributed by atoms with Crippen molar-refractivity contribution in [1.82, 2.24) is 14.8 Å². The van der Waals surface area contributed by atoms with Gasteiger partial charge in [0.05, 0.1) is 16.4 Å². The number of rotatable bonds is 5. The van der Waals surface area contributed by atoms with E-state index in [1.54, 1.807) is 0 Å². The van der Waals surface area contributed by atoms with Crippen LogP contribution in [-0.2, 0) is 32.2 Å². The van der Waals surface area contributed by atoms with Crippen LogP contribution in [-0.4, -0.2) is 21.3 Å². The van der Waals surface area contributed by atoms with Gasteiger partial charge in [0, 0.05) is 31.3 Å². The maximum absolute atomic E-state index is 6.55. The minimum atomic E-state index is 0.723. The van der Waals surface area contributed by atoms with Gasteiger partial charge in [-0.05, 0) is 57.9 Å². The lowest BCUT2D eigenvalue weighted by Crippen LogP contribution is -2.31. The van der Waals surface area contributed by atoms with Crippen LogP contribution in [0.15, 0.2) is 35.1 Å². The zero-order chi connectivity index (χ0) is 20.5. The van der Waals surface area contributed by atoms with E-state index in [1.165, 1.54) is 22.4 Å². The molecule has 1 aliphatic rings. The van der Waals surface area contributed by atoms with Crippen molar-refractivity contribution in [3.8, 4) is 5.69 Å². The fourth-order valence-corrected chi connectivity index (χ4v) is 4.97.